The number of carbonyl (C=O) groups is 2. The molecule has 140 valence electrons. The van der Waals surface area contributed by atoms with Gasteiger partial charge in [0.1, 0.15) is 12.4 Å². The van der Waals surface area contributed by atoms with Crippen molar-refractivity contribution in [3.8, 4) is 17.2 Å². The van der Waals surface area contributed by atoms with Crippen LogP contribution in [0.2, 0.25) is 0 Å². The summed E-state index contributed by atoms with van der Waals surface area (Å²) >= 11 is 0. The number of ether oxygens (including phenoxy) is 4. The quantitative estimate of drug-likeness (QED) is 0.619. The Kier molecular flexibility index (Phi) is 5.30. The molecule has 3 rings (SSSR count). The molecule has 1 aliphatic rings. The lowest BCUT2D eigenvalue weighted by Gasteiger charge is -2.21. The summed E-state index contributed by atoms with van der Waals surface area (Å²) in [4.78, 5) is 23.4. The number of primary amides is 1. The van der Waals surface area contributed by atoms with Crippen LogP contribution in [0.5, 0.6) is 17.2 Å². The summed E-state index contributed by atoms with van der Waals surface area (Å²) in [5.74, 6) is 0.453. The number of cyclic esters (lactones) is 1. The highest BCUT2D eigenvalue weighted by Crippen LogP contribution is 2.38. The molecule has 1 amide bonds. The van der Waals surface area contributed by atoms with Crippen molar-refractivity contribution in [3.63, 3.8) is 0 Å². The van der Waals surface area contributed by atoms with Gasteiger partial charge in [-0.25, -0.2) is 4.79 Å². The van der Waals surface area contributed by atoms with Crippen LogP contribution in [0.15, 0.2) is 36.4 Å². The highest BCUT2D eigenvalue weighted by atomic mass is 16.5. The van der Waals surface area contributed by atoms with E-state index in [1.165, 1.54) is 7.11 Å². The lowest BCUT2D eigenvalue weighted by Crippen LogP contribution is -2.20. The summed E-state index contributed by atoms with van der Waals surface area (Å²) in [6, 6.07) is 10.6. The molecule has 7 heteroatoms. The normalized spacial score (nSPS) is 14.3. The van der Waals surface area contributed by atoms with Gasteiger partial charge in [0.2, 0.25) is 0 Å². The van der Waals surface area contributed by atoms with Crippen LogP contribution in [-0.2, 0) is 20.9 Å². The molecular weight excluding hydrogens is 350 g/mol. The van der Waals surface area contributed by atoms with E-state index < -0.39 is 11.9 Å². The van der Waals surface area contributed by atoms with Gasteiger partial charge >= 0.3 is 5.97 Å². The molecule has 2 N–H and O–H groups in total. The first-order valence-electron chi connectivity index (χ1n) is 8.17. The first-order valence-corrected chi connectivity index (χ1v) is 8.17. The lowest BCUT2D eigenvalue weighted by atomic mass is 9.95. The summed E-state index contributed by atoms with van der Waals surface area (Å²) in [6.07, 6.45) is 1.66. The maximum absolute atomic E-state index is 12.4. The summed E-state index contributed by atoms with van der Waals surface area (Å²) in [5.41, 5.74) is 7.60. The monoisotopic (exact) mass is 369 g/mol. The minimum absolute atomic E-state index is 0.145. The molecule has 27 heavy (non-hydrogen) atoms. The second kappa shape index (κ2) is 7.82. The van der Waals surface area contributed by atoms with Gasteiger partial charge in [0.25, 0.3) is 5.91 Å². The molecule has 2 aromatic carbocycles. The van der Waals surface area contributed by atoms with E-state index in [1.54, 1.807) is 49.6 Å². The van der Waals surface area contributed by atoms with E-state index in [-0.39, 0.29) is 13.2 Å². The fraction of sp³-hybridized carbons (Fsp3) is 0.200. The fourth-order valence-electron chi connectivity index (χ4n) is 2.79. The van der Waals surface area contributed by atoms with Gasteiger partial charge in [-0.05, 0) is 29.8 Å². The van der Waals surface area contributed by atoms with Crippen molar-refractivity contribution in [1.82, 2.24) is 0 Å². The largest absolute Gasteiger partial charge is 0.493 e. The molecule has 0 radical (unpaired) electrons. The van der Waals surface area contributed by atoms with E-state index in [2.05, 4.69) is 0 Å². The first kappa shape index (κ1) is 18.3. The molecule has 0 aliphatic carbocycles. The minimum atomic E-state index is -0.586. The number of methoxy groups -OCH3 is 2. The van der Waals surface area contributed by atoms with Crippen molar-refractivity contribution in [2.24, 2.45) is 5.73 Å². The zero-order valence-corrected chi connectivity index (χ0v) is 15.0. The maximum Gasteiger partial charge on any atom is 0.339 e. The van der Waals surface area contributed by atoms with Crippen LogP contribution < -0.4 is 19.9 Å². The van der Waals surface area contributed by atoms with Crippen molar-refractivity contribution < 1.29 is 28.5 Å². The van der Waals surface area contributed by atoms with Gasteiger partial charge in [0.15, 0.2) is 18.1 Å². The first-order chi connectivity index (χ1) is 13.0. The molecule has 0 unspecified atom stereocenters. The summed E-state index contributed by atoms with van der Waals surface area (Å²) in [7, 11) is 3.07. The van der Waals surface area contributed by atoms with Crippen LogP contribution in [0, 0.1) is 0 Å². The maximum atomic E-state index is 12.4. The highest BCUT2D eigenvalue weighted by Gasteiger charge is 2.26. The molecule has 1 heterocycles. The van der Waals surface area contributed by atoms with Crippen molar-refractivity contribution in [1.29, 1.82) is 0 Å². The molecule has 0 bridgehead atoms. The van der Waals surface area contributed by atoms with Crippen LogP contribution in [0.3, 0.4) is 0 Å². The molecule has 0 spiro atoms. The average molecular weight is 369 g/mol. The number of hydrogen-bond donors (Lipinski definition) is 1. The van der Waals surface area contributed by atoms with Gasteiger partial charge in [-0.2, -0.15) is 0 Å². The predicted molar refractivity (Wildman–Crippen MR) is 98.3 cm³/mol. The molecule has 7 nitrogen and oxygen atoms in total. The third-order valence-corrected chi connectivity index (χ3v) is 4.07. The number of hydrogen-bond acceptors (Lipinski definition) is 6. The highest BCUT2D eigenvalue weighted by molar-refractivity contribution is 6.23. The molecule has 1 aliphatic heterocycles. The van der Waals surface area contributed by atoms with E-state index >= 15 is 0 Å². The van der Waals surface area contributed by atoms with Crippen LogP contribution in [0.4, 0.5) is 0 Å². The van der Waals surface area contributed by atoms with E-state index in [4.69, 9.17) is 24.7 Å². The summed E-state index contributed by atoms with van der Waals surface area (Å²) < 4.78 is 21.4. The zero-order valence-electron chi connectivity index (χ0n) is 15.0. The van der Waals surface area contributed by atoms with E-state index in [1.807, 2.05) is 0 Å². The van der Waals surface area contributed by atoms with Crippen molar-refractivity contribution >= 4 is 23.5 Å². The van der Waals surface area contributed by atoms with Gasteiger partial charge in [-0.15, -0.1) is 0 Å². The average Bonchev–Trinajstić information content (AvgIpc) is 2.68. The topological polar surface area (TPSA) is 97.1 Å². The van der Waals surface area contributed by atoms with Gasteiger partial charge < -0.3 is 24.7 Å². The Hall–Kier alpha value is -3.48. The fourth-order valence-corrected chi connectivity index (χ4v) is 2.79. The van der Waals surface area contributed by atoms with Crippen molar-refractivity contribution in [3.05, 3.63) is 53.1 Å². The number of nitrogens with two attached hydrogens (primary N) is 1. The number of benzene rings is 2. The Labute approximate surface area is 156 Å². The SMILES string of the molecule is COc1cc2c(cc1OC)C(=Cc1ccccc1OCC(N)=O)C(=O)OC2. The van der Waals surface area contributed by atoms with Crippen LogP contribution in [0.1, 0.15) is 16.7 Å². The molecule has 0 fully saturated rings. The van der Waals surface area contributed by atoms with Crippen molar-refractivity contribution in [2.75, 3.05) is 20.8 Å². The van der Waals surface area contributed by atoms with E-state index in [0.29, 0.717) is 33.9 Å². The third-order valence-electron chi connectivity index (χ3n) is 4.07. The number of esters is 1. The van der Waals surface area contributed by atoms with E-state index in [9.17, 15) is 9.59 Å². The van der Waals surface area contributed by atoms with Gasteiger partial charge in [-0.1, -0.05) is 18.2 Å². The van der Waals surface area contributed by atoms with Gasteiger partial charge in [0.05, 0.1) is 19.8 Å². The number of rotatable bonds is 6. The Morgan fingerprint density at radius 2 is 1.85 bits per heavy atom. The minimum Gasteiger partial charge on any atom is -0.493 e. The van der Waals surface area contributed by atoms with Crippen LogP contribution in [0.25, 0.3) is 11.6 Å². The second-order valence-electron chi connectivity index (χ2n) is 5.79. The zero-order chi connectivity index (χ0) is 19.4. The Balaban J connectivity index is 2.08. The van der Waals surface area contributed by atoms with Gasteiger partial charge in [0, 0.05) is 11.1 Å². The number of para-hydroxylation sites is 1. The van der Waals surface area contributed by atoms with Crippen LogP contribution in [-0.4, -0.2) is 32.7 Å². The van der Waals surface area contributed by atoms with Gasteiger partial charge in [-0.3, -0.25) is 4.79 Å². The Morgan fingerprint density at radius 1 is 1.15 bits per heavy atom. The van der Waals surface area contributed by atoms with Crippen molar-refractivity contribution in [2.45, 2.75) is 6.61 Å². The summed E-state index contributed by atoms with van der Waals surface area (Å²) in [5, 5.41) is 0. The molecule has 2 aromatic rings. The standard InChI is InChI=1S/C20H19NO6/c1-24-17-8-13-10-27-20(23)15(14(13)9-18(17)25-2)7-12-5-3-4-6-16(12)26-11-19(21)22/h3-9H,10-11H2,1-2H3,(H2,21,22). The number of fused-ring (bicyclic) bond motifs is 1. The molecule has 0 saturated heterocycles. The van der Waals surface area contributed by atoms with E-state index in [0.717, 1.165) is 5.56 Å². The second-order valence-corrected chi connectivity index (χ2v) is 5.79. The lowest BCUT2D eigenvalue weighted by molar-refractivity contribution is -0.138. The Morgan fingerprint density at radius 3 is 2.56 bits per heavy atom. The van der Waals surface area contributed by atoms with Crippen LogP contribution >= 0.6 is 0 Å². The predicted octanol–water partition coefficient (Wildman–Crippen LogP) is 2.17. The Bertz CT molecular complexity index is 919. The number of carbonyl (C=O) groups excluding carboxylic acids is 2. The number of amides is 1. The third kappa shape index (κ3) is 3.87. The molecular formula is C20H19NO6. The molecule has 0 aromatic heterocycles. The smallest absolute Gasteiger partial charge is 0.339 e. The summed E-state index contributed by atoms with van der Waals surface area (Å²) in [6.45, 7) is -0.113. The molecule has 0 atom stereocenters. The molecule has 0 saturated carbocycles.